The first kappa shape index (κ1) is 13.1. The lowest BCUT2D eigenvalue weighted by molar-refractivity contribution is -0.141. The molecular weight excluding hydrogens is 263 g/mol. The molecule has 0 bridgehead atoms. The van der Waals surface area contributed by atoms with E-state index in [1.54, 1.807) is 0 Å². The zero-order valence-corrected chi connectivity index (χ0v) is 9.65. The van der Waals surface area contributed by atoms with Crippen LogP contribution in [0.3, 0.4) is 0 Å². The summed E-state index contributed by atoms with van der Waals surface area (Å²) in [5, 5.41) is 0. The van der Waals surface area contributed by atoms with Crippen LogP contribution in [0.5, 0.6) is 0 Å². The molecule has 2 rings (SSSR count). The number of esters is 1. The minimum atomic E-state index is -4.60. The summed E-state index contributed by atoms with van der Waals surface area (Å²) in [7, 11) is 1.14. The van der Waals surface area contributed by atoms with E-state index in [-0.39, 0.29) is 22.3 Å². The third kappa shape index (κ3) is 2.42. The Morgan fingerprint density at radius 2 is 2.00 bits per heavy atom. The highest BCUT2D eigenvalue weighted by molar-refractivity contribution is 5.99. The van der Waals surface area contributed by atoms with Gasteiger partial charge in [0.2, 0.25) is 0 Å². The van der Waals surface area contributed by atoms with Crippen molar-refractivity contribution in [1.29, 1.82) is 0 Å². The first-order chi connectivity index (χ1) is 8.82. The summed E-state index contributed by atoms with van der Waals surface area (Å²) in [5.41, 5.74) is 4.55. The van der Waals surface area contributed by atoms with Crippen LogP contribution >= 0.6 is 0 Å². The molecule has 19 heavy (non-hydrogen) atoms. The second-order valence-electron chi connectivity index (χ2n) is 3.67. The molecule has 2 aromatic rings. The molecule has 0 aliphatic rings. The summed E-state index contributed by atoms with van der Waals surface area (Å²) >= 11 is 0. The number of methoxy groups -OCH3 is 1. The van der Waals surface area contributed by atoms with Crippen molar-refractivity contribution >= 4 is 22.7 Å². The summed E-state index contributed by atoms with van der Waals surface area (Å²) in [6.07, 6.45) is -3.99. The second-order valence-corrected chi connectivity index (χ2v) is 3.67. The molecule has 8 heteroatoms. The van der Waals surface area contributed by atoms with Gasteiger partial charge in [-0.05, 0) is 12.1 Å². The lowest BCUT2D eigenvalue weighted by Crippen LogP contribution is -2.10. The van der Waals surface area contributed by atoms with Crippen LogP contribution in [-0.4, -0.2) is 23.0 Å². The maximum Gasteiger partial charge on any atom is 0.434 e. The van der Waals surface area contributed by atoms with Crippen molar-refractivity contribution in [1.82, 2.24) is 9.97 Å². The van der Waals surface area contributed by atoms with Crippen molar-refractivity contribution in [2.45, 2.75) is 6.18 Å². The van der Waals surface area contributed by atoms with Crippen LogP contribution in [-0.2, 0) is 10.9 Å². The normalized spacial score (nSPS) is 11.6. The predicted octanol–water partition coefficient (Wildman–Crippen LogP) is 2.02. The zero-order chi connectivity index (χ0) is 14.2. The molecule has 0 spiro atoms. The van der Waals surface area contributed by atoms with Gasteiger partial charge < -0.3 is 10.5 Å². The highest BCUT2D eigenvalue weighted by atomic mass is 19.4. The smallest absolute Gasteiger partial charge is 0.434 e. The third-order valence-corrected chi connectivity index (χ3v) is 2.41. The molecule has 0 aliphatic heterocycles. The number of nitrogens with zero attached hydrogens (tertiary/aromatic N) is 2. The second kappa shape index (κ2) is 4.38. The van der Waals surface area contributed by atoms with E-state index < -0.39 is 17.8 Å². The van der Waals surface area contributed by atoms with Crippen LogP contribution in [0.15, 0.2) is 18.3 Å². The van der Waals surface area contributed by atoms with Gasteiger partial charge in [-0.25, -0.2) is 9.78 Å². The molecule has 0 unspecified atom stereocenters. The van der Waals surface area contributed by atoms with E-state index >= 15 is 0 Å². The Morgan fingerprint density at radius 1 is 1.32 bits per heavy atom. The number of carbonyl (C=O) groups is 1. The molecule has 0 aliphatic carbocycles. The highest BCUT2D eigenvalue weighted by Crippen LogP contribution is 2.29. The molecule has 0 radical (unpaired) electrons. The number of hydrogen-bond donors (Lipinski definition) is 1. The molecule has 1 heterocycles. The van der Waals surface area contributed by atoms with Crippen molar-refractivity contribution in [2.24, 2.45) is 0 Å². The summed E-state index contributed by atoms with van der Waals surface area (Å²) in [4.78, 5) is 18.4. The first-order valence-electron chi connectivity index (χ1n) is 5.04. The Labute approximate surface area is 105 Å². The molecule has 0 saturated heterocycles. The van der Waals surface area contributed by atoms with E-state index in [4.69, 9.17) is 5.73 Å². The summed E-state index contributed by atoms with van der Waals surface area (Å²) < 4.78 is 42.0. The van der Waals surface area contributed by atoms with Gasteiger partial charge in [0.25, 0.3) is 0 Å². The Bertz CT molecular complexity index is 655. The number of alkyl halides is 3. The van der Waals surface area contributed by atoms with Crippen LogP contribution < -0.4 is 5.73 Å². The van der Waals surface area contributed by atoms with Gasteiger partial charge in [-0.2, -0.15) is 13.2 Å². The predicted molar refractivity (Wildman–Crippen MR) is 60.3 cm³/mol. The number of ether oxygens (including phenoxy) is 1. The molecule has 1 aromatic carbocycles. The van der Waals surface area contributed by atoms with Gasteiger partial charge in [-0.15, -0.1) is 0 Å². The van der Waals surface area contributed by atoms with Crippen LogP contribution in [0.25, 0.3) is 11.0 Å². The lowest BCUT2D eigenvalue weighted by atomic mass is 10.1. The van der Waals surface area contributed by atoms with Crippen molar-refractivity contribution in [3.8, 4) is 0 Å². The summed E-state index contributed by atoms with van der Waals surface area (Å²) in [5.74, 6) is -0.751. The monoisotopic (exact) mass is 271 g/mol. The van der Waals surface area contributed by atoms with Gasteiger partial charge in [-0.1, -0.05) is 0 Å². The van der Waals surface area contributed by atoms with E-state index in [2.05, 4.69) is 14.7 Å². The molecule has 1 aromatic heterocycles. The number of fused-ring (bicyclic) bond motifs is 1. The minimum absolute atomic E-state index is 0.0522. The number of nitrogens with two attached hydrogens (primary N) is 1. The topological polar surface area (TPSA) is 78.1 Å². The van der Waals surface area contributed by atoms with Crippen LogP contribution in [0.2, 0.25) is 0 Å². The maximum atomic E-state index is 12.5. The average Bonchev–Trinajstić information content (AvgIpc) is 2.35. The molecule has 0 saturated carbocycles. The van der Waals surface area contributed by atoms with E-state index in [1.165, 1.54) is 6.07 Å². The minimum Gasteiger partial charge on any atom is -0.465 e. The average molecular weight is 271 g/mol. The molecule has 0 fully saturated rings. The van der Waals surface area contributed by atoms with E-state index in [0.29, 0.717) is 6.20 Å². The number of benzene rings is 1. The van der Waals surface area contributed by atoms with Crippen LogP contribution in [0.4, 0.5) is 18.9 Å². The summed E-state index contributed by atoms with van der Waals surface area (Å²) in [6.45, 7) is 0. The molecule has 2 N–H and O–H groups in total. The third-order valence-electron chi connectivity index (χ3n) is 2.41. The number of nitrogen functional groups attached to an aromatic ring is 1. The van der Waals surface area contributed by atoms with Crippen molar-refractivity contribution in [3.05, 3.63) is 29.6 Å². The molecule has 5 nitrogen and oxygen atoms in total. The zero-order valence-electron chi connectivity index (χ0n) is 9.65. The largest absolute Gasteiger partial charge is 0.465 e. The van der Waals surface area contributed by atoms with Gasteiger partial charge in [0, 0.05) is 5.69 Å². The Kier molecular flexibility index (Phi) is 3.01. The van der Waals surface area contributed by atoms with Gasteiger partial charge in [0.1, 0.15) is 0 Å². The number of halogens is 3. The molecule has 0 atom stereocenters. The van der Waals surface area contributed by atoms with Gasteiger partial charge in [-0.3, -0.25) is 4.98 Å². The fourth-order valence-corrected chi connectivity index (χ4v) is 1.50. The SMILES string of the molecule is COC(=O)c1cc2nc(C(F)(F)F)cnc2cc1N. The fraction of sp³-hybridized carbons (Fsp3) is 0.182. The Hall–Kier alpha value is -2.38. The number of carbonyl (C=O) groups excluding carboxylic acids is 1. The van der Waals surface area contributed by atoms with Crippen molar-refractivity contribution < 1.29 is 22.7 Å². The quantitative estimate of drug-likeness (QED) is 0.634. The maximum absolute atomic E-state index is 12.5. The number of hydrogen-bond acceptors (Lipinski definition) is 5. The fourth-order valence-electron chi connectivity index (χ4n) is 1.50. The van der Waals surface area contributed by atoms with E-state index in [1.807, 2.05) is 0 Å². The van der Waals surface area contributed by atoms with E-state index in [9.17, 15) is 18.0 Å². The number of rotatable bonds is 1. The van der Waals surface area contributed by atoms with Crippen molar-refractivity contribution in [2.75, 3.05) is 12.8 Å². The summed E-state index contributed by atoms with van der Waals surface area (Å²) in [6, 6.07) is 2.40. The molecular formula is C11H8F3N3O2. The highest BCUT2D eigenvalue weighted by Gasteiger charge is 2.33. The van der Waals surface area contributed by atoms with Gasteiger partial charge in [0.15, 0.2) is 5.69 Å². The Balaban J connectivity index is 2.65. The van der Waals surface area contributed by atoms with Gasteiger partial charge in [0.05, 0.1) is 29.9 Å². The van der Waals surface area contributed by atoms with E-state index in [0.717, 1.165) is 13.2 Å². The number of aromatic nitrogens is 2. The lowest BCUT2D eigenvalue weighted by Gasteiger charge is -2.08. The van der Waals surface area contributed by atoms with Crippen LogP contribution in [0.1, 0.15) is 16.1 Å². The van der Waals surface area contributed by atoms with Crippen LogP contribution in [0, 0.1) is 0 Å². The van der Waals surface area contributed by atoms with Crippen molar-refractivity contribution in [3.63, 3.8) is 0 Å². The first-order valence-corrected chi connectivity index (χ1v) is 5.04. The molecule has 100 valence electrons. The molecule has 0 amide bonds. The Morgan fingerprint density at radius 3 is 2.58 bits per heavy atom. The number of anilines is 1. The van der Waals surface area contributed by atoms with Gasteiger partial charge >= 0.3 is 12.1 Å². The standard InChI is InChI=1S/C11H8F3N3O2/c1-19-10(18)5-2-8-7(3-6(5)15)16-4-9(17-8)11(12,13)14/h2-4H,15H2,1H3.